The van der Waals surface area contributed by atoms with Gasteiger partial charge in [-0.3, -0.25) is 0 Å². The maximum Gasteiger partial charge on any atom is 0.0790 e. The van der Waals surface area contributed by atoms with E-state index in [0.29, 0.717) is 5.37 Å². The first-order valence-electron chi connectivity index (χ1n) is 5.28. The number of halogens is 1. The van der Waals surface area contributed by atoms with Crippen molar-refractivity contribution in [2.24, 2.45) is 5.92 Å². The van der Waals surface area contributed by atoms with E-state index in [1.165, 1.54) is 11.3 Å². The second-order valence-electron chi connectivity index (χ2n) is 4.24. The Morgan fingerprint density at radius 2 is 2.27 bits per heavy atom. The van der Waals surface area contributed by atoms with Crippen molar-refractivity contribution in [1.29, 1.82) is 0 Å². The highest BCUT2D eigenvalue weighted by molar-refractivity contribution is 7.99. The molecule has 2 atom stereocenters. The van der Waals surface area contributed by atoms with Crippen molar-refractivity contribution in [3.05, 3.63) is 34.3 Å². The Kier molecular flexibility index (Phi) is 3.60. The summed E-state index contributed by atoms with van der Waals surface area (Å²) in [5.74, 6) is 2.00. The van der Waals surface area contributed by atoms with Gasteiger partial charge in [-0.1, -0.05) is 30.7 Å². The minimum atomic E-state index is 0.416. The molecule has 1 aliphatic heterocycles. The third-order valence-electron chi connectivity index (χ3n) is 2.70. The van der Waals surface area contributed by atoms with E-state index in [-0.39, 0.29) is 0 Å². The SMILES string of the molecule is Cc1ccc(C2NCC(C)CS2)cc1Cl. The molecule has 3 heteroatoms. The lowest BCUT2D eigenvalue weighted by Gasteiger charge is -2.27. The molecule has 0 radical (unpaired) electrons. The Hall–Kier alpha value is -0.180. The first kappa shape index (κ1) is 11.3. The molecule has 1 aromatic carbocycles. The molecule has 1 aromatic rings. The van der Waals surface area contributed by atoms with Crippen LogP contribution in [0.15, 0.2) is 18.2 Å². The van der Waals surface area contributed by atoms with Crippen molar-refractivity contribution < 1.29 is 0 Å². The van der Waals surface area contributed by atoms with Gasteiger partial charge in [0.2, 0.25) is 0 Å². The number of aryl methyl sites for hydroxylation is 1. The molecular weight excluding hydrogens is 226 g/mol. The summed E-state index contributed by atoms with van der Waals surface area (Å²) < 4.78 is 0. The second-order valence-corrected chi connectivity index (χ2v) is 5.78. The predicted molar refractivity (Wildman–Crippen MR) is 68.6 cm³/mol. The monoisotopic (exact) mass is 241 g/mol. The Bertz CT molecular complexity index is 345. The average Bonchev–Trinajstić information content (AvgIpc) is 2.23. The van der Waals surface area contributed by atoms with Gasteiger partial charge in [0.1, 0.15) is 0 Å². The fourth-order valence-corrected chi connectivity index (χ4v) is 3.05. The highest BCUT2D eigenvalue weighted by Gasteiger charge is 2.19. The van der Waals surface area contributed by atoms with E-state index in [2.05, 4.69) is 30.4 Å². The molecule has 0 aromatic heterocycles. The molecule has 1 saturated heterocycles. The summed E-state index contributed by atoms with van der Waals surface area (Å²) in [6.45, 7) is 5.41. The average molecular weight is 242 g/mol. The lowest BCUT2D eigenvalue weighted by molar-refractivity contribution is 0.529. The zero-order valence-corrected chi connectivity index (χ0v) is 10.7. The molecule has 0 amide bonds. The lowest BCUT2D eigenvalue weighted by atomic mass is 10.1. The molecule has 1 aliphatic rings. The summed E-state index contributed by atoms with van der Waals surface area (Å²) in [7, 11) is 0. The third-order valence-corrected chi connectivity index (χ3v) is 4.64. The Morgan fingerprint density at radius 1 is 1.47 bits per heavy atom. The van der Waals surface area contributed by atoms with Gasteiger partial charge in [0.05, 0.1) is 5.37 Å². The van der Waals surface area contributed by atoms with Gasteiger partial charge in [0.25, 0.3) is 0 Å². The Balaban J connectivity index is 2.12. The number of benzene rings is 1. The summed E-state index contributed by atoms with van der Waals surface area (Å²) >= 11 is 8.09. The van der Waals surface area contributed by atoms with Crippen LogP contribution in [0.3, 0.4) is 0 Å². The van der Waals surface area contributed by atoms with Crippen LogP contribution in [0.1, 0.15) is 23.4 Å². The largest absolute Gasteiger partial charge is 0.301 e. The minimum Gasteiger partial charge on any atom is -0.301 e. The summed E-state index contributed by atoms with van der Waals surface area (Å²) in [6, 6.07) is 6.34. The van der Waals surface area contributed by atoms with Crippen molar-refractivity contribution in [3.8, 4) is 0 Å². The molecule has 1 fully saturated rings. The van der Waals surface area contributed by atoms with E-state index >= 15 is 0 Å². The van der Waals surface area contributed by atoms with E-state index in [1.54, 1.807) is 0 Å². The van der Waals surface area contributed by atoms with E-state index in [4.69, 9.17) is 11.6 Å². The van der Waals surface area contributed by atoms with Crippen molar-refractivity contribution in [2.75, 3.05) is 12.3 Å². The fourth-order valence-electron chi connectivity index (χ4n) is 1.67. The maximum absolute atomic E-state index is 6.12. The lowest BCUT2D eigenvalue weighted by Crippen LogP contribution is -2.31. The molecular formula is C12H16ClNS. The molecule has 82 valence electrons. The predicted octanol–water partition coefficient (Wildman–Crippen LogP) is 3.62. The van der Waals surface area contributed by atoms with Crippen LogP contribution in [-0.4, -0.2) is 12.3 Å². The molecule has 2 unspecified atom stereocenters. The van der Waals surface area contributed by atoms with Gasteiger partial charge >= 0.3 is 0 Å². The number of nitrogens with one attached hydrogen (secondary N) is 1. The number of thioether (sulfide) groups is 1. The summed E-state index contributed by atoms with van der Waals surface area (Å²) in [5.41, 5.74) is 2.44. The van der Waals surface area contributed by atoms with E-state index < -0.39 is 0 Å². The van der Waals surface area contributed by atoms with Gasteiger partial charge < -0.3 is 5.32 Å². The topological polar surface area (TPSA) is 12.0 Å². The van der Waals surface area contributed by atoms with Crippen molar-refractivity contribution in [2.45, 2.75) is 19.2 Å². The van der Waals surface area contributed by atoms with Gasteiger partial charge in [-0.2, -0.15) is 0 Å². The van der Waals surface area contributed by atoms with Crippen molar-refractivity contribution in [1.82, 2.24) is 5.32 Å². The van der Waals surface area contributed by atoms with Crippen molar-refractivity contribution >= 4 is 23.4 Å². The van der Waals surface area contributed by atoms with Gasteiger partial charge in [0.15, 0.2) is 0 Å². The number of rotatable bonds is 1. The molecule has 1 N–H and O–H groups in total. The van der Waals surface area contributed by atoms with Crippen LogP contribution >= 0.6 is 23.4 Å². The van der Waals surface area contributed by atoms with Crippen LogP contribution in [0.4, 0.5) is 0 Å². The normalized spacial score (nSPS) is 26.6. The van der Waals surface area contributed by atoms with Gasteiger partial charge in [-0.15, -0.1) is 11.8 Å². The van der Waals surface area contributed by atoms with E-state index in [1.807, 2.05) is 18.7 Å². The molecule has 15 heavy (non-hydrogen) atoms. The molecule has 1 heterocycles. The smallest absolute Gasteiger partial charge is 0.0790 e. The number of hydrogen-bond acceptors (Lipinski definition) is 2. The van der Waals surface area contributed by atoms with Gasteiger partial charge in [-0.05, 0) is 42.3 Å². The van der Waals surface area contributed by atoms with Crippen LogP contribution in [0.5, 0.6) is 0 Å². The van der Waals surface area contributed by atoms with Gasteiger partial charge in [-0.25, -0.2) is 0 Å². The van der Waals surface area contributed by atoms with Crippen LogP contribution in [0, 0.1) is 12.8 Å². The maximum atomic E-state index is 6.12. The minimum absolute atomic E-state index is 0.416. The molecule has 1 nitrogen and oxygen atoms in total. The van der Waals surface area contributed by atoms with Gasteiger partial charge in [0, 0.05) is 5.02 Å². The number of hydrogen-bond donors (Lipinski definition) is 1. The van der Waals surface area contributed by atoms with Crippen LogP contribution in [-0.2, 0) is 0 Å². The highest BCUT2D eigenvalue weighted by Crippen LogP contribution is 2.33. The summed E-state index contributed by atoms with van der Waals surface area (Å²) in [5, 5.41) is 4.82. The second kappa shape index (κ2) is 4.77. The Morgan fingerprint density at radius 3 is 2.87 bits per heavy atom. The van der Waals surface area contributed by atoms with Crippen LogP contribution < -0.4 is 5.32 Å². The molecule has 0 aliphatic carbocycles. The molecule has 0 saturated carbocycles. The molecule has 2 rings (SSSR count). The molecule has 0 spiro atoms. The quantitative estimate of drug-likeness (QED) is 0.806. The zero-order valence-electron chi connectivity index (χ0n) is 9.09. The van der Waals surface area contributed by atoms with Crippen molar-refractivity contribution in [3.63, 3.8) is 0 Å². The first-order chi connectivity index (χ1) is 7.16. The van der Waals surface area contributed by atoms with Crippen LogP contribution in [0.25, 0.3) is 0 Å². The van der Waals surface area contributed by atoms with E-state index in [0.717, 1.165) is 23.0 Å². The highest BCUT2D eigenvalue weighted by atomic mass is 35.5. The van der Waals surface area contributed by atoms with Crippen LogP contribution in [0.2, 0.25) is 5.02 Å². The first-order valence-corrected chi connectivity index (χ1v) is 6.70. The summed E-state index contributed by atoms with van der Waals surface area (Å²) in [6.07, 6.45) is 0. The standard InChI is InChI=1S/C12H16ClNS/c1-8-6-14-12(15-7-8)10-4-3-9(2)11(13)5-10/h3-5,8,12,14H,6-7H2,1-2H3. The molecule has 0 bridgehead atoms. The summed E-state index contributed by atoms with van der Waals surface area (Å²) in [4.78, 5) is 0. The Labute approximate surface area is 101 Å². The third kappa shape index (κ3) is 2.68. The fraction of sp³-hybridized carbons (Fsp3) is 0.500. The van der Waals surface area contributed by atoms with E-state index in [9.17, 15) is 0 Å². The zero-order chi connectivity index (χ0) is 10.8.